The van der Waals surface area contributed by atoms with Crippen LogP contribution in [-0.4, -0.2) is 42.6 Å². The molecule has 0 bridgehead atoms. The van der Waals surface area contributed by atoms with Crippen LogP contribution in [0, 0.1) is 0 Å². The van der Waals surface area contributed by atoms with Gasteiger partial charge in [0.05, 0.1) is 11.5 Å². The lowest BCUT2D eigenvalue weighted by Crippen LogP contribution is -2.25. The molecule has 0 rings (SSSR count). The topological polar surface area (TPSA) is 52.6 Å². The molecular weight excluding hydrogens is 216 g/mol. The summed E-state index contributed by atoms with van der Waals surface area (Å²) in [6.45, 7) is 5.53. The molecule has 0 N–H and O–H groups in total. The lowest BCUT2D eigenvalue weighted by molar-refractivity contribution is -0.151. The van der Waals surface area contributed by atoms with Crippen LogP contribution in [0.3, 0.4) is 0 Å². The minimum Gasteiger partial charge on any atom is -0.459 e. The maximum Gasteiger partial charge on any atom is 0.316 e. The number of carbonyl (C=O) groups excluding carboxylic acids is 2. The summed E-state index contributed by atoms with van der Waals surface area (Å²) in [5.41, 5.74) is -0.464. The van der Waals surface area contributed by atoms with E-state index in [0.29, 0.717) is 0 Å². The molecule has 0 aliphatic carbocycles. The van der Waals surface area contributed by atoms with Gasteiger partial charge in [-0.3, -0.25) is 9.59 Å². The Kier molecular flexibility index (Phi) is 6.60. The lowest BCUT2D eigenvalue weighted by Gasteiger charge is -2.19. The Hall–Kier alpha value is -0.550. The van der Waals surface area contributed by atoms with Crippen LogP contribution in [0.1, 0.15) is 20.8 Å². The van der Waals surface area contributed by atoms with Gasteiger partial charge in [-0.05, 0) is 20.8 Å². The fourth-order valence-corrected chi connectivity index (χ4v) is 1.46. The van der Waals surface area contributed by atoms with Crippen molar-refractivity contribution < 1.29 is 19.1 Å². The highest BCUT2D eigenvalue weighted by Gasteiger charge is 2.16. The van der Waals surface area contributed by atoms with Gasteiger partial charge in [0, 0.05) is 7.11 Å². The second-order valence-corrected chi connectivity index (χ2v) is 5.04. The summed E-state index contributed by atoms with van der Waals surface area (Å²) in [6.07, 6.45) is 0. The van der Waals surface area contributed by atoms with E-state index in [4.69, 9.17) is 4.74 Å². The Balaban J connectivity index is 3.60. The summed E-state index contributed by atoms with van der Waals surface area (Å²) in [5, 5.41) is 0. The molecule has 0 amide bonds. The third-order valence-electron chi connectivity index (χ3n) is 1.21. The van der Waals surface area contributed by atoms with Gasteiger partial charge in [-0.1, -0.05) is 0 Å². The van der Waals surface area contributed by atoms with Gasteiger partial charge < -0.3 is 9.47 Å². The van der Waals surface area contributed by atoms with Gasteiger partial charge in [0.25, 0.3) is 0 Å². The number of rotatable bonds is 6. The van der Waals surface area contributed by atoms with Gasteiger partial charge in [0.1, 0.15) is 12.2 Å². The third-order valence-corrected chi connectivity index (χ3v) is 2.17. The zero-order valence-corrected chi connectivity index (χ0v) is 10.5. The zero-order chi connectivity index (χ0) is 11.9. The van der Waals surface area contributed by atoms with Crippen LogP contribution in [0.5, 0.6) is 0 Å². The van der Waals surface area contributed by atoms with Crippen LogP contribution in [0.4, 0.5) is 0 Å². The standard InChI is InChI=1S/C10H18O4S/c1-10(2,3)14-9(12)7-15-6-8(11)5-13-4/h5-7H2,1-4H3. The van der Waals surface area contributed by atoms with Crippen LogP contribution in [0.25, 0.3) is 0 Å². The van der Waals surface area contributed by atoms with Crippen LogP contribution in [0.2, 0.25) is 0 Å². The first kappa shape index (κ1) is 14.5. The molecule has 15 heavy (non-hydrogen) atoms. The van der Waals surface area contributed by atoms with Crippen LogP contribution >= 0.6 is 11.8 Å². The summed E-state index contributed by atoms with van der Waals surface area (Å²) in [6, 6.07) is 0. The molecule has 88 valence electrons. The molecule has 4 nitrogen and oxygen atoms in total. The van der Waals surface area contributed by atoms with Gasteiger partial charge >= 0.3 is 5.97 Å². The first-order valence-electron chi connectivity index (χ1n) is 4.65. The molecule has 5 heteroatoms. The first-order valence-corrected chi connectivity index (χ1v) is 5.81. The van der Waals surface area contributed by atoms with E-state index in [-0.39, 0.29) is 29.9 Å². The van der Waals surface area contributed by atoms with Crippen molar-refractivity contribution in [3.63, 3.8) is 0 Å². The molecule has 0 aromatic rings. The van der Waals surface area contributed by atoms with Crippen molar-refractivity contribution in [3.8, 4) is 0 Å². The number of ether oxygens (including phenoxy) is 2. The summed E-state index contributed by atoms with van der Waals surface area (Å²) >= 11 is 1.25. The fraction of sp³-hybridized carbons (Fsp3) is 0.800. The highest BCUT2D eigenvalue weighted by Crippen LogP contribution is 2.09. The van der Waals surface area contributed by atoms with E-state index in [1.807, 2.05) is 20.8 Å². The van der Waals surface area contributed by atoms with E-state index < -0.39 is 5.60 Å². The number of Topliss-reactive ketones (excluding diaryl/α,β-unsaturated/α-hetero) is 1. The van der Waals surface area contributed by atoms with Crippen molar-refractivity contribution >= 4 is 23.5 Å². The van der Waals surface area contributed by atoms with Crippen molar-refractivity contribution in [3.05, 3.63) is 0 Å². The van der Waals surface area contributed by atoms with Gasteiger partial charge in [-0.15, -0.1) is 11.8 Å². The molecule has 0 aromatic heterocycles. The Bertz CT molecular complexity index is 220. The molecule has 0 saturated carbocycles. The SMILES string of the molecule is COCC(=O)CSCC(=O)OC(C)(C)C. The maximum absolute atomic E-state index is 11.2. The number of hydrogen-bond acceptors (Lipinski definition) is 5. The molecule has 0 aliphatic rings. The zero-order valence-electron chi connectivity index (χ0n) is 9.66. The fourth-order valence-electron chi connectivity index (χ4n) is 0.822. The molecule has 0 atom stereocenters. The molecule has 0 fully saturated rings. The second kappa shape index (κ2) is 6.85. The molecule has 0 radical (unpaired) electrons. The van der Waals surface area contributed by atoms with Crippen molar-refractivity contribution in [1.29, 1.82) is 0 Å². The molecule has 0 aliphatic heterocycles. The van der Waals surface area contributed by atoms with E-state index in [1.54, 1.807) is 0 Å². The number of ketones is 1. The third kappa shape index (κ3) is 9.75. The van der Waals surface area contributed by atoms with E-state index in [2.05, 4.69) is 4.74 Å². The summed E-state index contributed by atoms with van der Waals surface area (Å²) in [5.74, 6) is 0.170. The Morgan fingerprint density at radius 2 is 1.80 bits per heavy atom. The highest BCUT2D eigenvalue weighted by atomic mass is 32.2. The lowest BCUT2D eigenvalue weighted by atomic mass is 10.2. The van der Waals surface area contributed by atoms with Gasteiger partial charge in [-0.25, -0.2) is 0 Å². The Morgan fingerprint density at radius 3 is 2.27 bits per heavy atom. The summed E-state index contributed by atoms with van der Waals surface area (Å²) in [7, 11) is 1.47. The quantitative estimate of drug-likeness (QED) is 0.648. The van der Waals surface area contributed by atoms with Crippen molar-refractivity contribution in [1.82, 2.24) is 0 Å². The summed E-state index contributed by atoms with van der Waals surface area (Å²) < 4.78 is 9.74. The minimum absolute atomic E-state index is 0.0222. The van der Waals surface area contributed by atoms with E-state index >= 15 is 0 Å². The number of thioether (sulfide) groups is 1. The van der Waals surface area contributed by atoms with Gasteiger partial charge in [0.15, 0.2) is 5.78 Å². The highest BCUT2D eigenvalue weighted by molar-refractivity contribution is 8.00. The predicted molar refractivity (Wildman–Crippen MR) is 60.1 cm³/mol. The van der Waals surface area contributed by atoms with Crippen molar-refractivity contribution in [2.45, 2.75) is 26.4 Å². The maximum atomic E-state index is 11.2. The summed E-state index contributed by atoms with van der Waals surface area (Å²) in [4.78, 5) is 22.2. The molecule has 0 aromatic carbocycles. The number of hydrogen-bond donors (Lipinski definition) is 0. The minimum atomic E-state index is -0.464. The molecule has 0 saturated heterocycles. The molecule has 0 heterocycles. The van der Waals surface area contributed by atoms with Crippen LogP contribution < -0.4 is 0 Å². The van der Waals surface area contributed by atoms with Crippen molar-refractivity contribution in [2.75, 3.05) is 25.2 Å². The Labute approximate surface area is 94.7 Å². The largest absolute Gasteiger partial charge is 0.459 e. The Morgan fingerprint density at radius 1 is 1.20 bits per heavy atom. The number of methoxy groups -OCH3 is 1. The predicted octanol–water partition coefficient (Wildman–Crippen LogP) is 1.28. The van der Waals surface area contributed by atoms with Crippen molar-refractivity contribution in [2.24, 2.45) is 0 Å². The van der Waals surface area contributed by atoms with Gasteiger partial charge in [0.2, 0.25) is 0 Å². The smallest absolute Gasteiger partial charge is 0.316 e. The van der Waals surface area contributed by atoms with Crippen LogP contribution in [0.15, 0.2) is 0 Å². The molecule has 0 unspecified atom stereocenters. The van der Waals surface area contributed by atoms with Gasteiger partial charge in [-0.2, -0.15) is 0 Å². The average Bonchev–Trinajstić information content (AvgIpc) is 2.00. The van der Waals surface area contributed by atoms with E-state index in [1.165, 1.54) is 18.9 Å². The normalized spacial score (nSPS) is 11.2. The molecular formula is C10H18O4S. The number of esters is 1. The molecule has 0 spiro atoms. The average molecular weight is 234 g/mol. The van der Waals surface area contributed by atoms with E-state index in [9.17, 15) is 9.59 Å². The monoisotopic (exact) mass is 234 g/mol. The van der Waals surface area contributed by atoms with Crippen LogP contribution in [-0.2, 0) is 19.1 Å². The first-order chi connectivity index (χ1) is 6.85. The van der Waals surface area contributed by atoms with E-state index in [0.717, 1.165) is 0 Å². The number of carbonyl (C=O) groups is 2. The second-order valence-electron chi connectivity index (χ2n) is 4.05.